The molecule has 0 saturated heterocycles. The summed E-state index contributed by atoms with van der Waals surface area (Å²) >= 11 is 3.61. The molecule has 3 aromatic rings. The van der Waals surface area contributed by atoms with E-state index in [4.69, 9.17) is 0 Å². The molecule has 0 saturated carbocycles. The van der Waals surface area contributed by atoms with Crippen LogP contribution in [-0.2, 0) is 0 Å². The summed E-state index contributed by atoms with van der Waals surface area (Å²) in [6, 6.07) is 18.2. The van der Waals surface area contributed by atoms with E-state index in [9.17, 15) is 0 Å². The smallest absolute Gasteiger partial charge is 0.0860 e. The maximum Gasteiger partial charge on any atom is 0.0860 e. The van der Waals surface area contributed by atoms with Crippen molar-refractivity contribution in [1.29, 1.82) is 0 Å². The maximum atomic E-state index is 4.22. The van der Waals surface area contributed by atoms with Crippen molar-refractivity contribution >= 4 is 15.9 Å². The highest BCUT2D eigenvalue weighted by molar-refractivity contribution is 9.10. The van der Waals surface area contributed by atoms with Gasteiger partial charge in [-0.15, -0.1) is 5.10 Å². The van der Waals surface area contributed by atoms with Gasteiger partial charge >= 0.3 is 0 Å². The van der Waals surface area contributed by atoms with E-state index in [1.54, 1.807) is 6.20 Å². The third-order valence-electron chi connectivity index (χ3n) is 3.38. The van der Waals surface area contributed by atoms with Crippen molar-refractivity contribution in [2.45, 2.75) is 6.04 Å². The van der Waals surface area contributed by atoms with E-state index in [2.05, 4.69) is 37.6 Å². The standard InChI is InChI=1S/C16H15BrN4/c1-18-16(13-9-5-6-10-14(13)17)15-11-19-20-21(15)12-7-3-2-4-8-12/h2-11,16,18H,1H3. The number of nitrogens with one attached hydrogen (secondary N) is 1. The van der Waals surface area contributed by atoms with Crippen LogP contribution in [0.2, 0.25) is 0 Å². The summed E-state index contributed by atoms with van der Waals surface area (Å²) in [6.07, 6.45) is 1.80. The lowest BCUT2D eigenvalue weighted by Crippen LogP contribution is -2.21. The van der Waals surface area contributed by atoms with Gasteiger partial charge < -0.3 is 5.32 Å². The second-order valence-electron chi connectivity index (χ2n) is 4.65. The zero-order chi connectivity index (χ0) is 14.7. The van der Waals surface area contributed by atoms with Gasteiger partial charge in [-0.05, 0) is 30.8 Å². The van der Waals surface area contributed by atoms with Crippen molar-refractivity contribution in [2.75, 3.05) is 7.05 Å². The average molecular weight is 343 g/mol. The van der Waals surface area contributed by atoms with Gasteiger partial charge in [0.1, 0.15) is 0 Å². The lowest BCUT2D eigenvalue weighted by atomic mass is 10.0. The zero-order valence-electron chi connectivity index (χ0n) is 11.6. The Labute approximate surface area is 131 Å². The predicted octanol–water partition coefficient (Wildman–Crippen LogP) is 3.34. The third-order valence-corrected chi connectivity index (χ3v) is 4.10. The molecule has 1 unspecified atom stereocenters. The number of hydrogen-bond acceptors (Lipinski definition) is 3. The van der Waals surface area contributed by atoms with Crippen molar-refractivity contribution < 1.29 is 0 Å². The van der Waals surface area contributed by atoms with Gasteiger partial charge in [-0.25, -0.2) is 4.68 Å². The zero-order valence-corrected chi connectivity index (χ0v) is 13.2. The largest absolute Gasteiger partial charge is 0.308 e. The minimum atomic E-state index is 0.00998. The quantitative estimate of drug-likeness (QED) is 0.790. The van der Waals surface area contributed by atoms with Gasteiger partial charge in [0, 0.05) is 4.47 Å². The van der Waals surface area contributed by atoms with Gasteiger partial charge in [0.25, 0.3) is 0 Å². The average Bonchev–Trinajstić information content (AvgIpc) is 3.00. The molecule has 5 heteroatoms. The first-order valence-corrected chi connectivity index (χ1v) is 7.48. The van der Waals surface area contributed by atoms with Crippen molar-refractivity contribution in [3.05, 3.63) is 76.5 Å². The first-order valence-electron chi connectivity index (χ1n) is 6.69. The van der Waals surface area contributed by atoms with E-state index in [0.29, 0.717) is 0 Å². The van der Waals surface area contributed by atoms with E-state index in [1.165, 1.54) is 0 Å². The Morgan fingerprint density at radius 2 is 1.76 bits per heavy atom. The molecule has 0 amide bonds. The summed E-state index contributed by atoms with van der Waals surface area (Å²) in [5.41, 5.74) is 3.15. The summed E-state index contributed by atoms with van der Waals surface area (Å²) < 4.78 is 2.92. The second kappa shape index (κ2) is 6.20. The number of benzene rings is 2. The lowest BCUT2D eigenvalue weighted by Gasteiger charge is -2.19. The van der Waals surface area contributed by atoms with Crippen LogP contribution >= 0.6 is 15.9 Å². The van der Waals surface area contributed by atoms with Crippen molar-refractivity contribution in [3.8, 4) is 5.69 Å². The lowest BCUT2D eigenvalue weighted by molar-refractivity contribution is 0.632. The molecular formula is C16H15BrN4. The molecule has 21 heavy (non-hydrogen) atoms. The molecule has 1 aromatic heterocycles. The van der Waals surface area contributed by atoms with Gasteiger partial charge in [0.15, 0.2) is 0 Å². The van der Waals surface area contributed by atoms with Crippen LogP contribution in [0, 0.1) is 0 Å². The molecule has 1 N–H and O–H groups in total. The SMILES string of the molecule is CNC(c1ccccc1Br)c1cnnn1-c1ccccc1. The van der Waals surface area contributed by atoms with Gasteiger partial charge in [-0.1, -0.05) is 57.5 Å². The van der Waals surface area contributed by atoms with Gasteiger partial charge in [0.2, 0.25) is 0 Å². The molecule has 2 aromatic carbocycles. The first-order chi connectivity index (χ1) is 10.3. The minimum Gasteiger partial charge on any atom is -0.308 e. The van der Waals surface area contributed by atoms with Crippen molar-refractivity contribution in [3.63, 3.8) is 0 Å². The summed E-state index contributed by atoms with van der Waals surface area (Å²) in [5, 5.41) is 11.6. The fourth-order valence-electron chi connectivity index (χ4n) is 2.38. The fraction of sp³-hybridized carbons (Fsp3) is 0.125. The van der Waals surface area contributed by atoms with Crippen LogP contribution in [0.4, 0.5) is 0 Å². The van der Waals surface area contributed by atoms with E-state index in [1.807, 2.05) is 60.3 Å². The van der Waals surface area contributed by atoms with Crippen LogP contribution in [-0.4, -0.2) is 22.0 Å². The Hall–Kier alpha value is -1.98. The van der Waals surface area contributed by atoms with Crippen LogP contribution in [0.1, 0.15) is 17.3 Å². The first kappa shape index (κ1) is 14.0. The highest BCUT2D eigenvalue weighted by Crippen LogP contribution is 2.28. The summed E-state index contributed by atoms with van der Waals surface area (Å²) in [7, 11) is 1.94. The summed E-state index contributed by atoms with van der Waals surface area (Å²) in [5.74, 6) is 0. The molecule has 1 atom stereocenters. The van der Waals surface area contributed by atoms with Crippen LogP contribution in [0.5, 0.6) is 0 Å². The molecular weight excluding hydrogens is 328 g/mol. The number of para-hydroxylation sites is 1. The number of hydrogen-bond donors (Lipinski definition) is 1. The highest BCUT2D eigenvalue weighted by Gasteiger charge is 2.20. The van der Waals surface area contributed by atoms with Gasteiger partial charge in [0.05, 0.1) is 23.6 Å². The summed E-state index contributed by atoms with van der Waals surface area (Å²) in [6.45, 7) is 0. The van der Waals surface area contributed by atoms with E-state index < -0.39 is 0 Å². The Kier molecular flexibility index (Phi) is 4.13. The molecule has 4 nitrogen and oxygen atoms in total. The van der Waals surface area contributed by atoms with Crippen LogP contribution in [0.15, 0.2) is 65.3 Å². The molecule has 3 rings (SSSR count). The molecule has 0 fully saturated rings. The molecule has 0 aliphatic heterocycles. The maximum absolute atomic E-state index is 4.22. The fourth-order valence-corrected chi connectivity index (χ4v) is 2.90. The Balaban J connectivity index is 2.08. The molecule has 1 heterocycles. The molecule has 0 bridgehead atoms. The predicted molar refractivity (Wildman–Crippen MR) is 86.4 cm³/mol. The van der Waals surface area contributed by atoms with Crippen molar-refractivity contribution in [2.24, 2.45) is 0 Å². The topological polar surface area (TPSA) is 42.7 Å². The number of rotatable bonds is 4. The van der Waals surface area contributed by atoms with Crippen LogP contribution in [0.25, 0.3) is 5.69 Å². The number of nitrogens with zero attached hydrogens (tertiary/aromatic N) is 3. The van der Waals surface area contributed by atoms with Gasteiger partial charge in [-0.3, -0.25) is 0 Å². The molecule has 0 spiro atoms. The number of aromatic nitrogens is 3. The molecule has 0 aliphatic rings. The molecule has 0 radical (unpaired) electrons. The van der Waals surface area contributed by atoms with E-state index in [0.717, 1.165) is 21.4 Å². The summed E-state index contributed by atoms with van der Waals surface area (Å²) in [4.78, 5) is 0. The van der Waals surface area contributed by atoms with Crippen LogP contribution < -0.4 is 5.32 Å². The van der Waals surface area contributed by atoms with Crippen molar-refractivity contribution in [1.82, 2.24) is 20.3 Å². The molecule has 106 valence electrons. The third kappa shape index (κ3) is 2.75. The monoisotopic (exact) mass is 342 g/mol. The van der Waals surface area contributed by atoms with E-state index >= 15 is 0 Å². The Bertz CT molecular complexity index is 724. The Morgan fingerprint density at radius 1 is 1.05 bits per heavy atom. The van der Waals surface area contributed by atoms with Gasteiger partial charge in [-0.2, -0.15) is 0 Å². The minimum absolute atomic E-state index is 0.00998. The normalized spacial score (nSPS) is 12.3. The van der Waals surface area contributed by atoms with Crippen LogP contribution in [0.3, 0.4) is 0 Å². The highest BCUT2D eigenvalue weighted by atomic mass is 79.9. The molecule has 0 aliphatic carbocycles. The van der Waals surface area contributed by atoms with E-state index in [-0.39, 0.29) is 6.04 Å². The number of halogens is 1. The Morgan fingerprint density at radius 3 is 2.48 bits per heavy atom. The second-order valence-corrected chi connectivity index (χ2v) is 5.50.